The maximum Gasteiger partial charge on any atom is 0.245 e. The zero-order chi connectivity index (χ0) is 14.8. The van der Waals surface area contributed by atoms with Crippen LogP contribution in [-0.4, -0.2) is 44.5 Å². The van der Waals surface area contributed by atoms with Crippen molar-refractivity contribution in [2.45, 2.75) is 11.8 Å². The molecular weight excluding hydrogens is 278 g/mol. The molecule has 0 saturated heterocycles. The van der Waals surface area contributed by atoms with Gasteiger partial charge in [0.05, 0.1) is 6.61 Å². The summed E-state index contributed by atoms with van der Waals surface area (Å²) in [7, 11) is -2.01. The number of sulfonamides is 1. The van der Waals surface area contributed by atoms with Gasteiger partial charge in [-0.1, -0.05) is 0 Å². The van der Waals surface area contributed by atoms with Gasteiger partial charge >= 0.3 is 0 Å². The van der Waals surface area contributed by atoms with E-state index in [0.717, 1.165) is 5.52 Å². The molecule has 2 rings (SSSR count). The van der Waals surface area contributed by atoms with E-state index in [1.54, 1.807) is 25.2 Å². The number of aromatic amines is 1. The second kappa shape index (κ2) is 5.82. The Morgan fingerprint density at radius 1 is 1.40 bits per heavy atom. The Morgan fingerprint density at radius 3 is 2.85 bits per heavy atom. The van der Waals surface area contributed by atoms with Crippen molar-refractivity contribution in [1.29, 1.82) is 0 Å². The lowest BCUT2D eigenvalue weighted by Gasteiger charge is -2.16. The fraction of sp³-hybridized carbons (Fsp3) is 0.385. The molecule has 7 heteroatoms. The molecule has 2 aromatic rings. The minimum atomic E-state index is -3.55. The monoisotopic (exact) mass is 297 g/mol. The van der Waals surface area contributed by atoms with Crippen molar-refractivity contribution in [2.75, 3.05) is 32.5 Å². The number of hydrogen-bond acceptors (Lipinski definition) is 4. The Balaban J connectivity index is 2.34. The Morgan fingerprint density at radius 2 is 2.15 bits per heavy atom. The summed E-state index contributed by atoms with van der Waals surface area (Å²) in [5, 5.41) is 0.605. The molecule has 110 valence electrons. The summed E-state index contributed by atoms with van der Waals surface area (Å²) in [6.45, 7) is 3.12. The van der Waals surface area contributed by atoms with Crippen LogP contribution in [0.25, 0.3) is 10.9 Å². The first-order valence-electron chi connectivity index (χ1n) is 6.37. The topological polar surface area (TPSA) is 88.4 Å². The average Bonchev–Trinajstić information content (AvgIpc) is 2.82. The molecule has 1 aromatic carbocycles. The lowest BCUT2D eigenvalue weighted by molar-refractivity contribution is 0.138. The maximum absolute atomic E-state index is 12.5. The molecular formula is C13H19N3O3S. The van der Waals surface area contributed by atoms with Gasteiger partial charge in [0.2, 0.25) is 10.0 Å². The Hall–Kier alpha value is -1.57. The van der Waals surface area contributed by atoms with Gasteiger partial charge in [-0.2, -0.15) is 4.31 Å². The van der Waals surface area contributed by atoms with Crippen LogP contribution >= 0.6 is 0 Å². The van der Waals surface area contributed by atoms with Crippen molar-refractivity contribution >= 4 is 26.6 Å². The van der Waals surface area contributed by atoms with Gasteiger partial charge in [0.25, 0.3) is 0 Å². The van der Waals surface area contributed by atoms with Gasteiger partial charge in [-0.15, -0.1) is 0 Å². The van der Waals surface area contributed by atoms with Crippen LogP contribution in [0, 0.1) is 0 Å². The van der Waals surface area contributed by atoms with Crippen LogP contribution in [0.2, 0.25) is 0 Å². The number of anilines is 1. The molecule has 0 aliphatic rings. The summed E-state index contributed by atoms with van der Waals surface area (Å²) in [6.07, 6.45) is 1.50. The molecule has 0 bridgehead atoms. The summed E-state index contributed by atoms with van der Waals surface area (Å²) in [5.41, 5.74) is 7.01. The summed E-state index contributed by atoms with van der Waals surface area (Å²) in [6, 6.07) is 5.16. The first-order valence-corrected chi connectivity index (χ1v) is 7.81. The molecule has 1 heterocycles. The fourth-order valence-electron chi connectivity index (χ4n) is 1.95. The molecule has 0 aliphatic heterocycles. The summed E-state index contributed by atoms with van der Waals surface area (Å²) < 4.78 is 31.5. The Kier molecular flexibility index (Phi) is 4.32. The number of aromatic nitrogens is 1. The molecule has 0 aliphatic carbocycles. The summed E-state index contributed by atoms with van der Waals surface area (Å²) in [4.78, 5) is 3.19. The van der Waals surface area contributed by atoms with Gasteiger partial charge in [0.15, 0.2) is 0 Å². The molecule has 0 fully saturated rings. The predicted octanol–water partition coefficient (Wildman–Crippen LogP) is 1.41. The van der Waals surface area contributed by atoms with Crippen LogP contribution in [0.1, 0.15) is 6.92 Å². The second-order valence-corrected chi connectivity index (χ2v) is 6.49. The fourth-order valence-corrected chi connectivity index (χ4v) is 3.26. The number of rotatable bonds is 6. The summed E-state index contributed by atoms with van der Waals surface area (Å²) >= 11 is 0. The number of ether oxygens (including phenoxy) is 1. The van der Waals surface area contributed by atoms with E-state index >= 15 is 0 Å². The van der Waals surface area contributed by atoms with E-state index in [1.807, 2.05) is 6.92 Å². The van der Waals surface area contributed by atoms with Gasteiger partial charge in [-0.25, -0.2) is 8.42 Å². The van der Waals surface area contributed by atoms with Crippen molar-refractivity contribution in [2.24, 2.45) is 0 Å². The molecule has 0 unspecified atom stereocenters. The van der Waals surface area contributed by atoms with Gasteiger partial charge < -0.3 is 15.5 Å². The smallest absolute Gasteiger partial charge is 0.245 e. The highest BCUT2D eigenvalue weighted by Crippen LogP contribution is 2.26. The van der Waals surface area contributed by atoms with Crippen LogP contribution in [0.4, 0.5) is 5.69 Å². The highest BCUT2D eigenvalue weighted by Gasteiger charge is 2.24. The third-order valence-corrected chi connectivity index (χ3v) is 5.01. The average molecular weight is 297 g/mol. The molecule has 0 amide bonds. The number of H-pyrrole nitrogens is 1. The third-order valence-electron chi connectivity index (χ3n) is 3.11. The summed E-state index contributed by atoms with van der Waals surface area (Å²) in [5.74, 6) is 0. The molecule has 20 heavy (non-hydrogen) atoms. The highest BCUT2D eigenvalue weighted by atomic mass is 32.2. The van der Waals surface area contributed by atoms with Crippen LogP contribution in [0.3, 0.4) is 0 Å². The van der Waals surface area contributed by atoms with Gasteiger partial charge in [0.1, 0.15) is 4.90 Å². The van der Waals surface area contributed by atoms with E-state index < -0.39 is 10.0 Å². The van der Waals surface area contributed by atoms with Crippen molar-refractivity contribution < 1.29 is 13.2 Å². The van der Waals surface area contributed by atoms with Crippen LogP contribution in [0.15, 0.2) is 29.3 Å². The normalized spacial score (nSPS) is 12.3. The number of likely N-dealkylation sites (N-methyl/N-ethyl adjacent to an activating group) is 1. The largest absolute Gasteiger partial charge is 0.399 e. The number of nitrogens with two attached hydrogens (primary N) is 1. The predicted molar refractivity (Wildman–Crippen MR) is 79.0 cm³/mol. The minimum Gasteiger partial charge on any atom is -0.399 e. The Labute approximate surface area is 118 Å². The zero-order valence-corrected chi connectivity index (χ0v) is 12.4. The number of hydrogen-bond donors (Lipinski definition) is 2. The van der Waals surface area contributed by atoms with Crippen molar-refractivity contribution in [3.05, 3.63) is 24.4 Å². The molecule has 0 saturated carbocycles. The first kappa shape index (κ1) is 14.8. The van der Waals surface area contributed by atoms with Crippen LogP contribution in [0.5, 0.6) is 0 Å². The molecule has 0 radical (unpaired) electrons. The van der Waals surface area contributed by atoms with Gasteiger partial charge in [0, 0.05) is 43.0 Å². The first-order chi connectivity index (χ1) is 9.46. The van der Waals surface area contributed by atoms with Crippen molar-refractivity contribution in [3.63, 3.8) is 0 Å². The number of benzene rings is 1. The molecule has 0 spiro atoms. The van der Waals surface area contributed by atoms with Crippen molar-refractivity contribution in [1.82, 2.24) is 9.29 Å². The number of fused-ring (bicyclic) bond motifs is 1. The highest BCUT2D eigenvalue weighted by molar-refractivity contribution is 7.89. The van der Waals surface area contributed by atoms with Crippen molar-refractivity contribution in [3.8, 4) is 0 Å². The van der Waals surface area contributed by atoms with Crippen LogP contribution < -0.4 is 5.73 Å². The lowest BCUT2D eigenvalue weighted by Crippen LogP contribution is -2.30. The number of nitrogens with one attached hydrogen (secondary N) is 1. The SMILES string of the molecule is CCOCCN(C)S(=O)(=O)c1c[nH]c2ccc(N)cc12. The second-order valence-electron chi connectivity index (χ2n) is 4.48. The third kappa shape index (κ3) is 2.79. The van der Waals surface area contributed by atoms with E-state index in [2.05, 4.69) is 4.98 Å². The number of nitrogens with zero attached hydrogens (tertiary/aromatic N) is 1. The minimum absolute atomic E-state index is 0.235. The maximum atomic E-state index is 12.5. The van der Waals surface area contributed by atoms with E-state index in [9.17, 15) is 8.42 Å². The van der Waals surface area contributed by atoms with E-state index in [0.29, 0.717) is 30.8 Å². The van der Waals surface area contributed by atoms with Gasteiger partial charge in [-0.3, -0.25) is 0 Å². The lowest BCUT2D eigenvalue weighted by atomic mass is 10.2. The molecule has 3 N–H and O–H groups in total. The zero-order valence-electron chi connectivity index (χ0n) is 11.6. The Bertz CT molecular complexity index is 694. The van der Waals surface area contributed by atoms with Crippen LogP contribution in [-0.2, 0) is 14.8 Å². The van der Waals surface area contributed by atoms with Gasteiger partial charge in [-0.05, 0) is 25.1 Å². The molecule has 1 aromatic heterocycles. The van der Waals surface area contributed by atoms with E-state index in [-0.39, 0.29) is 4.90 Å². The molecule has 6 nitrogen and oxygen atoms in total. The quantitative estimate of drug-likeness (QED) is 0.623. The van der Waals surface area contributed by atoms with E-state index in [4.69, 9.17) is 10.5 Å². The van der Waals surface area contributed by atoms with E-state index in [1.165, 1.54) is 10.5 Å². The standard InChI is InChI=1S/C13H19N3O3S/c1-3-19-7-6-16(2)20(17,18)13-9-15-12-5-4-10(14)8-11(12)13/h4-5,8-9,15H,3,6-7,14H2,1-2H3. The number of nitrogen functional groups attached to an aromatic ring is 1. The molecule has 0 atom stereocenters.